The first-order chi connectivity index (χ1) is 17.4. The van der Waals surface area contributed by atoms with Crippen molar-refractivity contribution >= 4 is 27.4 Å². The van der Waals surface area contributed by atoms with Crippen LogP contribution < -0.4 is 15.8 Å². The molecule has 11 nitrogen and oxygen atoms in total. The summed E-state index contributed by atoms with van der Waals surface area (Å²) in [5.41, 5.74) is 7.26. The number of ether oxygens (including phenoxy) is 3. The van der Waals surface area contributed by atoms with Crippen LogP contribution in [0.15, 0.2) is 59.6 Å². The van der Waals surface area contributed by atoms with Crippen molar-refractivity contribution in [2.24, 2.45) is 0 Å². The number of nitrogens with one attached hydrogen (secondary N) is 1. The fraction of sp³-hybridized carbons (Fsp3) is 0.292. The molecule has 0 fully saturated rings. The molecule has 0 saturated heterocycles. The van der Waals surface area contributed by atoms with Crippen molar-refractivity contribution in [2.45, 2.75) is 4.90 Å². The topological polar surface area (TPSA) is 146 Å². The van der Waals surface area contributed by atoms with Crippen molar-refractivity contribution in [1.29, 1.82) is 0 Å². The minimum atomic E-state index is -3.71. The molecule has 1 aromatic heterocycles. The molecular formula is C24H27N5O6S. The van der Waals surface area contributed by atoms with Crippen LogP contribution in [0.2, 0.25) is 0 Å². The Bertz CT molecular complexity index is 1320. The van der Waals surface area contributed by atoms with Crippen LogP contribution in [0.4, 0.5) is 11.5 Å². The van der Waals surface area contributed by atoms with Gasteiger partial charge in [0.05, 0.1) is 48.9 Å². The van der Waals surface area contributed by atoms with Crippen LogP contribution in [0.1, 0.15) is 10.5 Å². The van der Waals surface area contributed by atoms with Gasteiger partial charge >= 0.3 is 0 Å². The highest BCUT2D eigenvalue weighted by molar-refractivity contribution is 7.89. The van der Waals surface area contributed by atoms with E-state index in [9.17, 15) is 13.2 Å². The van der Waals surface area contributed by atoms with Gasteiger partial charge in [-0.3, -0.25) is 4.79 Å². The summed E-state index contributed by atoms with van der Waals surface area (Å²) < 4.78 is 43.8. The van der Waals surface area contributed by atoms with E-state index in [1.807, 2.05) is 0 Å². The largest absolute Gasteiger partial charge is 0.489 e. The number of nitrogens with zero attached hydrogens (tertiary/aromatic N) is 3. The summed E-state index contributed by atoms with van der Waals surface area (Å²) in [6.07, 6.45) is 1.43. The molecule has 3 aromatic rings. The number of amides is 1. The quantitative estimate of drug-likeness (QED) is 0.431. The molecule has 0 radical (unpaired) electrons. The van der Waals surface area contributed by atoms with Gasteiger partial charge < -0.3 is 25.3 Å². The SMILES string of the molecule is CN1CCOCCOCCOc2ccccc2NC(=O)c2nc(cnc2N)-c2ccc(cc2)S1(=O)=O. The third-order valence-electron chi connectivity index (χ3n) is 5.42. The lowest BCUT2D eigenvalue weighted by Crippen LogP contribution is -2.30. The number of para-hydroxylation sites is 2. The molecule has 3 N–H and O–H groups in total. The lowest BCUT2D eigenvalue weighted by atomic mass is 10.1. The predicted molar refractivity (Wildman–Crippen MR) is 133 cm³/mol. The van der Waals surface area contributed by atoms with Crippen LogP contribution in [0.3, 0.4) is 0 Å². The molecule has 1 amide bonds. The number of nitrogens with two attached hydrogens (primary N) is 1. The highest BCUT2D eigenvalue weighted by atomic mass is 32.2. The highest BCUT2D eigenvalue weighted by Gasteiger charge is 2.21. The average molecular weight is 514 g/mol. The molecule has 2 aromatic carbocycles. The summed E-state index contributed by atoms with van der Waals surface area (Å²) in [6, 6.07) is 13.1. The number of benzene rings is 2. The number of nitrogen functional groups attached to an aromatic ring is 1. The lowest BCUT2D eigenvalue weighted by Gasteiger charge is -2.17. The Morgan fingerprint density at radius 3 is 2.44 bits per heavy atom. The van der Waals surface area contributed by atoms with Gasteiger partial charge in [0.15, 0.2) is 11.5 Å². The molecule has 2 aliphatic heterocycles. The van der Waals surface area contributed by atoms with E-state index in [0.717, 1.165) is 0 Å². The van der Waals surface area contributed by atoms with E-state index < -0.39 is 15.9 Å². The van der Waals surface area contributed by atoms with Crippen LogP contribution in [0.5, 0.6) is 5.75 Å². The Balaban J connectivity index is 1.65. The van der Waals surface area contributed by atoms with Crippen molar-refractivity contribution in [3.05, 3.63) is 60.4 Å². The van der Waals surface area contributed by atoms with Crippen molar-refractivity contribution in [2.75, 3.05) is 57.7 Å². The minimum Gasteiger partial charge on any atom is -0.489 e. The zero-order valence-corrected chi connectivity index (χ0v) is 20.5. The summed E-state index contributed by atoms with van der Waals surface area (Å²) in [5, 5.41) is 2.76. The lowest BCUT2D eigenvalue weighted by molar-refractivity contribution is 0.0348. The normalized spacial score (nSPS) is 17.6. The molecule has 5 rings (SSSR count). The Morgan fingerprint density at radius 2 is 1.67 bits per heavy atom. The third-order valence-corrected chi connectivity index (χ3v) is 7.29. The summed E-state index contributed by atoms with van der Waals surface area (Å²) in [6.45, 7) is 1.61. The maximum Gasteiger partial charge on any atom is 0.278 e. The van der Waals surface area contributed by atoms with E-state index in [2.05, 4.69) is 15.3 Å². The second kappa shape index (κ2) is 11.4. The molecule has 0 saturated carbocycles. The molecule has 0 atom stereocenters. The second-order valence-electron chi connectivity index (χ2n) is 7.86. The summed E-state index contributed by atoms with van der Waals surface area (Å²) in [7, 11) is -2.22. The van der Waals surface area contributed by atoms with Gasteiger partial charge in [-0.25, -0.2) is 18.4 Å². The van der Waals surface area contributed by atoms with E-state index in [4.69, 9.17) is 19.9 Å². The molecule has 36 heavy (non-hydrogen) atoms. The van der Waals surface area contributed by atoms with Crippen molar-refractivity contribution in [3.63, 3.8) is 0 Å². The number of fused-ring (bicyclic) bond motifs is 13. The van der Waals surface area contributed by atoms with Crippen LogP contribution in [-0.2, 0) is 19.5 Å². The summed E-state index contributed by atoms with van der Waals surface area (Å²) in [4.78, 5) is 21.6. The van der Waals surface area contributed by atoms with E-state index in [0.29, 0.717) is 42.5 Å². The van der Waals surface area contributed by atoms with Gasteiger partial charge in [-0.1, -0.05) is 24.3 Å². The minimum absolute atomic E-state index is 0.0412. The number of sulfonamides is 1. The zero-order chi connectivity index (χ0) is 25.5. The first-order valence-corrected chi connectivity index (χ1v) is 12.7. The molecule has 0 spiro atoms. The van der Waals surface area contributed by atoms with Gasteiger partial charge in [0.1, 0.15) is 12.4 Å². The van der Waals surface area contributed by atoms with E-state index in [1.165, 1.54) is 29.7 Å². The molecule has 4 bridgehead atoms. The summed E-state index contributed by atoms with van der Waals surface area (Å²) in [5.74, 6) is -0.134. The van der Waals surface area contributed by atoms with Gasteiger partial charge in [0.25, 0.3) is 5.91 Å². The molecule has 2 aliphatic rings. The first kappa shape index (κ1) is 25.5. The maximum absolute atomic E-state index is 13.0. The molecular weight excluding hydrogens is 486 g/mol. The molecule has 12 heteroatoms. The van der Waals surface area contributed by atoms with Crippen molar-refractivity contribution in [3.8, 4) is 17.0 Å². The van der Waals surface area contributed by atoms with Crippen molar-refractivity contribution in [1.82, 2.24) is 14.3 Å². The number of rotatable bonds is 0. The fourth-order valence-corrected chi connectivity index (χ4v) is 4.56. The Kier molecular flexibility index (Phi) is 8.10. The number of carbonyl (C=O) groups excluding carboxylic acids is 1. The number of likely N-dealkylation sites (N-methyl/N-ethyl adjacent to an activating group) is 1. The van der Waals surface area contributed by atoms with Gasteiger partial charge in [-0.05, 0) is 24.3 Å². The van der Waals surface area contributed by atoms with E-state index in [-0.39, 0.29) is 36.2 Å². The van der Waals surface area contributed by atoms with Gasteiger partial charge in [0.2, 0.25) is 10.0 Å². The highest BCUT2D eigenvalue weighted by Crippen LogP contribution is 2.26. The number of aromatic nitrogens is 2. The second-order valence-corrected chi connectivity index (χ2v) is 9.91. The van der Waals surface area contributed by atoms with Crippen LogP contribution in [-0.4, -0.2) is 75.2 Å². The standard InChI is InChI=1S/C24H27N5O6S/c1-29-10-11-33-12-13-34-14-15-35-21-5-3-2-4-19(21)28-24(30)22-23(25)26-16-20(27-22)17-6-8-18(9-7-17)36(29,31)32/h2-9,16H,10-15H2,1H3,(H2,25,26)(H,28,30). The first-order valence-electron chi connectivity index (χ1n) is 11.2. The maximum atomic E-state index is 13.0. The van der Waals surface area contributed by atoms with Crippen LogP contribution in [0.25, 0.3) is 11.3 Å². The van der Waals surface area contributed by atoms with E-state index >= 15 is 0 Å². The van der Waals surface area contributed by atoms with Crippen molar-refractivity contribution < 1.29 is 27.4 Å². The van der Waals surface area contributed by atoms with Crippen LogP contribution >= 0.6 is 0 Å². The van der Waals surface area contributed by atoms with Gasteiger partial charge in [-0.15, -0.1) is 0 Å². The molecule has 3 heterocycles. The molecule has 0 aliphatic carbocycles. The van der Waals surface area contributed by atoms with Crippen LogP contribution in [0, 0.1) is 0 Å². The number of carbonyl (C=O) groups is 1. The van der Waals surface area contributed by atoms with Gasteiger partial charge in [0, 0.05) is 19.2 Å². The monoisotopic (exact) mass is 513 g/mol. The fourth-order valence-electron chi connectivity index (χ4n) is 3.41. The number of hydrogen-bond acceptors (Lipinski definition) is 9. The third kappa shape index (κ3) is 5.97. The summed E-state index contributed by atoms with van der Waals surface area (Å²) >= 11 is 0. The Hall–Kier alpha value is -3.58. The Morgan fingerprint density at radius 1 is 0.972 bits per heavy atom. The number of anilines is 2. The molecule has 0 unspecified atom stereocenters. The smallest absolute Gasteiger partial charge is 0.278 e. The van der Waals surface area contributed by atoms with E-state index in [1.54, 1.807) is 36.4 Å². The molecule has 190 valence electrons. The predicted octanol–water partition coefficient (Wildman–Crippen LogP) is 2.02. The average Bonchev–Trinajstić information content (AvgIpc) is 2.88. The number of hydrogen-bond donors (Lipinski definition) is 2. The Labute approximate surface area is 209 Å². The zero-order valence-electron chi connectivity index (χ0n) is 19.7. The van der Waals surface area contributed by atoms with Gasteiger partial charge in [-0.2, -0.15) is 4.31 Å².